The molecule has 0 saturated carbocycles. The Kier molecular flexibility index (Phi) is 4.73. The number of hydrogen-bond donors (Lipinski definition) is 0. The average Bonchev–Trinajstić information content (AvgIpc) is 2.59. The van der Waals surface area contributed by atoms with E-state index >= 15 is 0 Å². The summed E-state index contributed by atoms with van der Waals surface area (Å²) in [4.78, 5) is 14.2. The van der Waals surface area contributed by atoms with Gasteiger partial charge in [-0.2, -0.15) is 0 Å². The minimum atomic E-state index is -3.59. The highest BCUT2D eigenvalue weighted by molar-refractivity contribution is 7.92. The second-order valence-electron chi connectivity index (χ2n) is 5.76. The van der Waals surface area contributed by atoms with Crippen LogP contribution in [0, 0.1) is 0 Å². The molecule has 7 heteroatoms. The number of morpholine rings is 1. The van der Waals surface area contributed by atoms with Crippen LogP contribution in [-0.2, 0) is 19.6 Å². The van der Waals surface area contributed by atoms with E-state index in [1.165, 1.54) is 4.31 Å². The van der Waals surface area contributed by atoms with Crippen molar-refractivity contribution < 1.29 is 17.9 Å². The molecule has 1 heterocycles. The Labute approximate surface area is 141 Å². The molecular weight excluding hydrogens is 328 g/mol. The minimum absolute atomic E-state index is 0.202. The van der Waals surface area contributed by atoms with Crippen molar-refractivity contribution in [1.29, 1.82) is 0 Å². The van der Waals surface area contributed by atoms with Crippen LogP contribution in [0.2, 0.25) is 0 Å². The van der Waals surface area contributed by atoms with Gasteiger partial charge in [-0.25, -0.2) is 8.42 Å². The van der Waals surface area contributed by atoms with E-state index in [0.717, 1.165) is 17.0 Å². The smallest absolute Gasteiger partial charge is 0.243 e. The fourth-order valence-corrected chi connectivity index (χ4v) is 3.70. The topological polar surface area (TPSA) is 66.9 Å². The standard InChI is InChI=1S/C17H20N2O4S/c1-24(21,22)19(13-17(20)18-9-11-23-12-10-18)16-8-4-6-14-5-2-3-7-15(14)16/h2-8H,9-13H2,1H3. The lowest BCUT2D eigenvalue weighted by molar-refractivity contribution is -0.133. The van der Waals surface area contributed by atoms with Gasteiger partial charge in [0.2, 0.25) is 15.9 Å². The molecule has 0 aromatic heterocycles. The van der Waals surface area contributed by atoms with E-state index in [1.807, 2.05) is 30.3 Å². The molecule has 0 N–H and O–H groups in total. The van der Waals surface area contributed by atoms with Crippen LogP contribution in [0.5, 0.6) is 0 Å². The lowest BCUT2D eigenvalue weighted by Gasteiger charge is -2.30. The first-order valence-electron chi connectivity index (χ1n) is 7.78. The molecular formula is C17H20N2O4S. The molecule has 6 nitrogen and oxygen atoms in total. The molecule has 1 aliphatic heterocycles. The summed E-state index contributed by atoms with van der Waals surface area (Å²) in [6.45, 7) is 1.75. The number of carbonyl (C=O) groups excluding carboxylic acids is 1. The lowest BCUT2D eigenvalue weighted by atomic mass is 10.1. The van der Waals surface area contributed by atoms with E-state index in [2.05, 4.69) is 0 Å². The zero-order valence-electron chi connectivity index (χ0n) is 13.5. The summed E-state index contributed by atoms with van der Waals surface area (Å²) in [7, 11) is -3.59. The predicted molar refractivity (Wildman–Crippen MR) is 93.5 cm³/mol. The number of hydrogen-bond acceptors (Lipinski definition) is 4. The number of amides is 1. The van der Waals surface area contributed by atoms with Gasteiger partial charge in [-0.05, 0) is 11.5 Å². The molecule has 3 rings (SSSR count). The van der Waals surface area contributed by atoms with Crippen molar-refractivity contribution in [3.8, 4) is 0 Å². The van der Waals surface area contributed by atoms with Crippen LogP contribution < -0.4 is 4.31 Å². The molecule has 2 aromatic rings. The summed E-state index contributed by atoms with van der Waals surface area (Å²) in [5.41, 5.74) is 0.525. The van der Waals surface area contributed by atoms with Crippen molar-refractivity contribution in [2.24, 2.45) is 0 Å². The zero-order valence-corrected chi connectivity index (χ0v) is 14.3. The van der Waals surface area contributed by atoms with Crippen LogP contribution in [0.1, 0.15) is 0 Å². The largest absolute Gasteiger partial charge is 0.378 e. The highest BCUT2D eigenvalue weighted by atomic mass is 32.2. The second-order valence-corrected chi connectivity index (χ2v) is 7.67. The summed E-state index contributed by atoms with van der Waals surface area (Å²) in [5, 5.41) is 1.74. The predicted octanol–water partition coefficient (Wildman–Crippen LogP) is 1.46. The summed E-state index contributed by atoms with van der Waals surface area (Å²) in [6, 6.07) is 13.0. The summed E-state index contributed by atoms with van der Waals surface area (Å²) >= 11 is 0. The average molecular weight is 348 g/mol. The zero-order chi connectivity index (χ0) is 17.2. The normalized spacial score (nSPS) is 15.5. The van der Waals surface area contributed by atoms with Gasteiger partial charge in [0.15, 0.2) is 0 Å². The second kappa shape index (κ2) is 6.78. The number of fused-ring (bicyclic) bond motifs is 1. The summed E-state index contributed by atoms with van der Waals surface area (Å²) < 4.78 is 31.1. The highest BCUT2D eigenvalue weighted by Crippen LogP contribution is 2.28. The van der Waals surface area contributed by atoms with Gasteiger partial charge in [-0.15, -0.1) is 0 Å². The highest BCUT2D eigenvalue weighted by Gasteiger charge is 2.26. The molecule has 1 aliphatic rings. The van der Waals surface area contributed by atoms with Crippen molar-refractivity contribution in [2.45, 2.75) is 0 Å². The summed E-state index contributed by atoms with van der Waals surface area (Å²) in [5.74, 6) is -0.211. The number of sulfonamides is 1. The molecule has 0 radical (unpaired) electrons. The van der Waals surface area contributed by atoms with E-state index in [-0.39, 0.29) is 12.5 Å². The fraction of sp³-hybridized carbons (Fsp3) is 0.353. The van der Waals surface area contributed by atoms with Crippen molar-refractivity contribution >= 4 is 32.4 Å². The number of anilines is 1. The quantitative estimate of drug-likeness (QED) is 0.839. The van der Waals surface area contributed by atoms with Gasteiger partial charge >= 0.3 is 0 Å². The van der Waals surface area contributed by atoms with Gasteiger partial charge < -0.3 is 9.64 Å². The maximum Gasteiger partial charge on any atom is 0.243 e. The van der Waals surface area contributed by atoms with E-state index < -0.39 is 10.0 Å². The first-order valence-corrected chi connectivity index (χ1v) is 9.62. The van der Waals surface area contributed by atoms with Crippen LogP contribution in [0.25, 0.3) is 10.8 Å². The number of rotatable bonds is 4. The maximum atomic E-state index is 12.5. The molecule has 0 unspecified atom stereocenters. The molecule has 1 amide bonds. The third kappa shape index (κ3) is 3.52. The molecule has 1 fully saturated rings. The Bertz CT molecular complexity index is 839. The van der Waals surface area contributed by atoms with E-state index in [0.29, 0.717) is 32.0 Å². The van der Waals surface area contributed by atoms with Gasteiger partial charge in [0, 0.05) is 18.5 Å². The van der Waals surface area contributed by atoms with Crippen molar-refractivity contribution in [2.75, 3.05) is 43.4 Å². The number of nitrogens with zero attached hydrogens (tertiary/aromatic N) is 2. The first-order chi connectivity index (χ1) is 11.5. The van der Waals surface area contributed by atoms with Crippen LogP contribution in [0.4, 0.5) is 5.69 Å². The molecule has 2 aromatic carbocycles. The molecule has 128 valence electrons. The Morgan fingerprint density at radius 1 is 1.12 bits per heavy atom. The summed E-state index contributed by atoms with van der Waals surface area (Å²) in [6.07, 6.45) is 1.13. The Balaban J connectivity index is 1.96. The Morgan fingerprint density at radius 2 is 1.79 bits per heavy atom. The van der Waals surface area contributed by atoms with Gasteiger partial charge in [-0.3, -0.25) is 9.10 Å². The SMILES string of the molecule is CS(=O)(=O)N(CC(=O)N1CCOCC1)c1cccc2ccccc12. The molecule has 0 spiro atoms. The molecule has 24 heavy (non-hydrogen) atoms. The Morgan fingerprint density at radius 3 is 2.50 bits per heavy atom. The third-order valence-electron chi connectivity index (χ3n) is 4.08. The third-order valence-corrected chi connectivity index (χ3v) is 5.20. The van der Waals surface area contributed by atoms with Crippen LogP contribution in [-0.4, -0.2) is 58.3 Å². The molecule has 0 aliphatic carbocycles. The first kappa shape index (κ1) is 16.7. The van der Waals surface area contributed by atoms with E-state index in [1.54, 1.807) is 17.0 Å². The van der Waals surface area contributed by atoms with Crippen molar-refractivity contribution in [1.82, 2.24) is 4.90 Å². The van der Waals surface area contributed by atoms with E-state index in [4.69, 9.17) is 4.74 Å². The van der Waals surface area contributed by atoms with Gasteiger partial charge in [0.1, 0.15) is 6.54 Å². The monoisotopic (exact) mass is 348 g/mol. The van der Waals surface area contributed by atoms with Crippen molar-refractivity contribution in [3.63, 3.8) is 0 Å². The number of benzene rings is 2. The van der Waals surface area contributed by atoms with E-state index in [9.17, 15) is 13.2 Å². The fourth-order valence-electron chi connectivity index (χ4n) is 2.84. The molecule has 0 atom stereocenters. The number of carbonyl (C=O) groups is 1. The van der Waals surface area contributed by atoms with Crippen molar-refractivity contribution in [3.05, 3.63) is 42.5 Å². The van der Waals surface area contributed by atoms with Gasteiger partial charge in [0.25, 0.3) is 0 Å². The van der Waals surface area contributed by atoms with Gasteiger partial charge in [-0.1, -0.05) is 36.4 Å². The van der Waals surface area contributed by atoms with Crippen LogP contribution in [0.3, 0.4) is 0 Å². The Hall–Kier alpha value is -2.12. The van der Waals surface area contributed by atoms with Crippen LogP contribution in [0.15, 0.2) is 42.5 Å². The maximum absolute atomic E-state index is 12.5. The van der Waals surface area contributed by atoms with Gasteiger partial charge in [0.05, 0.1) is 25.2 Å². The molecule has 0 bridgehead atoms. The molecule has 1 saturated heterocycles. The number of ether oxygens (including phenoxy) is 1. The lowest BCUT2D eigenvalue weighted by Crippen LogP contribution is -2.47. The van der Waals surface area contributed by atoms with Crippen LogP contribution >= 0.6 is 0 Å². The minimum Gasteiger partial charge on any atom is -0.378 e.